The van der Waals surface area contributed by atoms with Crippen molar-refractivity contribution < 1.29 is 24.3 Å². The maximum Gasteiger partial charge on any atom is 0.200 e. The molecule has 26 heavy (non-hydrogen) atoms. The largest absolute Gasteiger partial charge is 0.504 e. The Morgan fingerprint density at radius 1 is 1.31 bits per heavy atom. The molecule has 2 N–H and O–H groups in total. The number of hydrogen-bond donors (Lipinski definition) is 2. The molecule has 0 fully saturated rings. The molecule has 0 saturated carbocycles. The van der Waals surface area contributed by atoms with Crippen molar-refractivity contribution in [1.29, 1.82) is 0 Å². The summed E-state index contributed by atoms with van der Waals surface area (Å²) in [5.41, 5.74) is 2.74. The Kier molecular flexibility index (Phi) is 4.66. The van der Waals surface area contributed by atoms with Crippen LogP contribution in [-0.2, 0) is 13.0 Å². The normalized spacial score (nSPS) is 10.9. The minimum Gasteiger partial charge on any atom is -0.504 e. The number of phenolic OH excluding ortho intramolecular Hbond substituents is 2. The minimum atomic E-state index is -0.401. The van der Waals surface area contributed by atoms with Crippen LogP contribution in [0.2, 0.25) is 0 Å². The molecule has 0 bridgehead atoms. The van der Waals surface area contributed by atoms with E-state index in [0.29, 0.717) is 6.54 Å². The summed E-state index contributed by atoms with van der Waals surface area (Å²) in [6, 6.07) is 2.61. The molecule has 0 unspecified atom stereocenters. The molecule has 0 aliphatic heterocycles. The molecule has 8 nitrogen and oxygen atoms in total. The lowest BCUT2D eigenvalue weighted by molar-refractivity contribution is 0.0992. The average molecular weight is 357 g/mol. The minimum absolute atomic E-state index is 0.0439. The average Bonchev–Trinajstić information content (AvgIpc) is 3.18. The number of ketones is 1. The first-order chi connectivity index (χ1) is 12.4. The zero-order chi connectivity index (χ0) is 18.8. The summed E-state index contributed by atoms with van der Waals surface area (Å²) in [6.07, 6.45) is 3.50. The summed E-state index contributed by atoms with van der Waals surface area (Å²) < 4.78 is 11.8. The SMILES string of the molecule is COc1cc(C(=O)Cc2cnn(Cc3c(C)noc3C)c2)cc(O)c1O. The van der Waals surface area contributed by atoms with Crippen LogP contribution in [-0.4, -0.2) is 38.0 Å². The number of benzene rings is 1. The Morgan fingerprint density at radius 3 is 2.73 bits per heavy atom. The molecule has 0 aliphatic carbocycles. The van der Waals surface area contributed by atoms with Crippen LogP contribution < -0.4 is 4.74 Å². The van der Waals surface area contributed by atoms with E-state index in [9.17, 15) is 15.0 Å². The highest BCUT2D eigenvalue weighted by Gasteiger charge is 2.16. The topological polar surface area (TPSA) is 111 Å². The molecule has 3 rings (SSSR count). The maximum absolute atomic E-state index is 12.5. The van der Waals surface area contributed by atoms with E-state index in [1.165, 1.54) is 19.2 Å². The standard InChI is InChI=1S/C18H19N3O5/c1-10-14(11(2)26-20-10)9-21-8-12(7-19-21)4-15(22)13-5-16(23)18(24)17(6-13)25-3/h5-8,23-24H,4,9H2,1-3H3. The van der Waals surface area contributed by atoms with Gasteiger partial charge in [-0.05, 0) is 31.5 Å². The van der Waals surface area contributed by atoms with Crippen molar-refractivity contribution in [2.75, 3.05) is 7.11 Å². The Labute approximate surface area is 149 Å². The van der Waals surface area contributed by atoms with Gasteiger partial charge in [-0.25, -0.2) is 0 Å². The highest BCUT2D eigenvalue weighted by atomic mass is 16.5. The van der Waals surface area contributed by atoms with E-state index in [0.717, 1.165) is 22.6 Å². The summed E-state index contributed by atoms with van der Waals surface area (Å²) in [6.45, 7) is 4.21. The number of methoxy groups -OCH3 is 1. The summed E-state index contributed by atoms with van der Waals surface area (Å²) in [4.78, 5) is 12.5. The van der Waals surface area contributed by atoms with Gasteiger partial charge in [0.05, 0.1) is 25.5 Å². The summed E-state index contributed by atoms with van der Waals surface area (Å²) >= 11 is 0. The predicted molar refractivity (Wildman–Crippen MR) is 91.7 cm³/mol. The van der Waals surface area contributed by atoms with E-state index >= 15 is 0 Å². The number of Topliss-reactive ketones (excluding diaryl/α,β-unsaturated/α-hetero) is 1. The molecule has 0 spiro atoms. The number of phenols is 2. The molecule has 0 aliphatic rings. The van der Waals surface area contributed by atoms with Crippen LogP contribution in [0.5, 0.6) is 17.2 Å². The van der Waals surface area contributed by atoms with Gasteiger partial charge in [0.15, 0.2) is 17.3 Å². The van der Waals surface area contributed by atoms with Gasteiger partial charge in [-0.2, -0.15) is 5.10 Å². The van der Waals surface area contributed by atoms with Crippen molar-refractivity contribution in [1.82, 2.24) is 14.9 Å². The number of carbonyl (C=O) groups is 1. The van der Waals surface area contributed by atoms with Crippen molar-refractivity contribution >= 4 is 5.78 Å². The molecule has 0 saturated heterocycles. The molecule has 2 aromatic heterocycles. The zero-order valence-electron chi connectivity index (χ0n) is 14.7. The van der Waals surface area contributed by atoms with Gasteiger partial charge in [0.2, 0.25) is 5.75 Å². The first-order valence-electron chi connectivity index (χ1n) is 7.95. The fraction of sp³-hybridized carbons (Fsp3) is 0.278. The number of ether oxygens (including phenoxy) is 1. The second-order valence-corrected chi connectivity index (χ2v) is 6.00. The Hall–Kier alpha value is -3.29. The van der Waals surface area contributed by atoms with Crippen molar-refractivity contribution in [3.8, 4) is 17.2 Å². The van der Waals surface area contributed by atoms with Crippen LogP contribution in [0.3, 0.4) is 0 Å². The first kappa shape index (κ1) is 17.5. The van der Waals surface area contributed by atoms with Gasteiger partial charge in [0, 0.05) is 23.7 Å². The molecule has 0 amide bonds. The highest BCUT2D eigenvalue weighted by Crippen LogP contribution is 2.36. The van der Waals surface area contributed by atoms with Crippen LogP contribution in [0, 0.1) is 13.8 Å². The van der Waals surface area contributed by atoms with E-state index in [1.54, 1.807) is 17.1 Å². The van der Waals surface area contributed by atoms with Crippen LogP contribution in [0.25, 0.3) is 0 Å². The second kappa shape index (κ2) is 6.91. The lowest BCUT2D eigenvalue weighted by atomic mass is 10.0. The molecule has 2 heterocycles. The van der Waals surface area contributed by atoms with Crippen molar-refractivity contribution in [2.45, 2.75) is 26.8 Å². The van der Waals surface area contributed by atoms with Gasteiger partial charge >= 0.3 is 0 Å². The van der Waals surface area contributed by atoms with Gasteiger partial charge in [0.1, 0.15) is 5.76 Å². The number of rotatable bonds is 6. The summed E-state index contributed by atoms with van der Waals surface area (Å²) in [5, 5.41) is 27.5. The first-order valence-corrected chi connectivity index (χ1v) is 7.95. The third kappa shape index (κ3) is 3.39. The number of carbonyl (C=O) groups excluding carboxylic acids is 1. The van der Waals surface area contributed by atoms with E-state index in [1.807, 2.05) is 13.8 Å². The Morgan fingerprint density at radius 2 is 2.08 bits per heavy atom. The number of aromatic nitrogens is 3. The highest BCUT2D eigenvalue weighted by molar-refractivity contribution is 5.98. The summed E-state index contributed by atoms with van der Waals surface area (Å²) in [5.74, 6) is -0.238. The summed E-state index contributed by atoms with van der Waals surface area (Å²) in [7, 11) is 1.35. The number of nitrogens with zero attached hydrogens (tertiary/aromatic N) is 3. The van der Waals surface area contributed by atoms with Crippen LogP contribution >= 0.6 is 0 Å². The smallest absolute Gasteiger partial charge is 0.200 e. The molecule has 1 aromatic carbocycles. The van der Waals surface area contributed by atoms with Crippen molar-refractivity contribution in [3.63, 3.8) is 0 Å². The molecule has 0 atom stereocenters. The van der Waals surface area contributed by atoms with Crippen LogP contribution in [0.15, 0.2) is 29.0 Å². The third-order valence-corrected chi connectivity index (χ3v) is 4.15. The van der Waals surface area contributed by atoms with E-state index in [4.69, 9.17) is 9.26 Å². The zero-order valence-corrected chi connectivity index (χ0v) is 14.7. The Bertz CT molecular complexity index is 938. The fourth-order valence-corrected chi connectivity index (χ4v) is 2.67. The van der Waals surface area contributed by atoms with Crippen molar-refractivity contribution in [3.05, 3.63) is 52.7 Å². The lowest BCUT2D eigenvalue weighted by Crippen LogP contribution is -2.04. The third-order valence-electron chi connectivity index (χ3n) is 4.15. The second-order valence-electron chi connectivity index (χ2n) is 6.00. The molecule has 0 radical (unpaired) electrons. The molecular formula is C18H19N3O5. The molecule has 3 aromatic rings. The quantitative estimate of drug-likeness (QED) is 0.515. The van der Waals surface area contributed by atoms with Gasteiger partial charge in [-0.3, -0.25) is 9.48 Å². The van der Waals surface area contributed by atoms with E-state index in [-0.39, 0.29) is 23.5 Å². The Balaban J connectivity index is 1.75. The van der Waals surface area contributed by atoms with Gasteiger partial charge in [-0.15, -0.1) is 0 Å². The molecule has 136 valence electrons. The van der Waals surface area contributed by atoms with Gasteiger partial charge in [0.25, 0.3) is 0 Å². The molecule has 8 heteroatoms. The van der Waals surface area contributed by atoms with E-state index < -0.39 is 11.5 Å². The van der Waals surface area contributed by atoms with Gasteiger partial charge < -0.3 is 19.5 Å². The fourth-order valence-electron chi connectivity index (χ4n) is 2.67. The van der Waals surface area contributed by atoms with Crippen molar-refractivity contribution in [2.24, 2.45) is 0 Å². The lowest BCUT2D eigenvalue weighted by Gasteiger charge is -2.07. The van der Waals surface area contributed by atoms with Gasteiger partial charge in [-0.1, -0.05) is 5.16 Å². The molecular weight excluding hydrogens is 338 g/mol. The number of hydrogen-bond acceptors (Lipinski definition) is 7. The number of aryl methyl sites for hydroxylation is 2. The predicted octanol–water partition coefficient (Wildman–Crippen LogP) is 2.38. The monoisotopic (exact) mass is 357 g/mol. The van der Waals surface area contributed by atoms with Crippen LogP contribution in [0.1, 0.15) is 32.9 Å². The number of aromatic hydroxyl groups is 2. The van der Waals surface area contributed by atoms with E-state index in [2.05, 4.69) is 10.3 Å². The van der Waals surface area contributed by atoms with Crippen LogP contribution in [0.4, 0.5) is 0 Å². The maximum atomic E-state index is 12.5.